The molecule has 0 saturated carbocycles. The molecule has 1 nitrogen and oxygen atoms in total. The van der Waals surface area contributed by atoms with Crippen LogP contribution in [-0.2, 0) is 6.42 Å². The summed E-state index contributed by atoms with van der Waals surface area (Å²) in [6.07, 6.45) is 1.68. The number of alkyl halides is 1. The van der Waals surface area contributed by atoms with E-state index in [1.807, 2.05) is 0 Å². The Morgan fingerprint density at radius 3 is 2.79 bits per heavy atom. The Balaban J connectivity index is 2.99. The van der Waals surface area contributed by atoms with Gasteiger partial charge in [-0.15, -0.1) is 0 Å². The van der Waals surface area contributed by atoms with Gasteiger partial charge in [-0.25, -0.2) is 4.39 Å². The minimum absolute atomic E-state index is 0.301. The molecule has 0 fully saturated rings. The number of hydrogen-bond acceptors (Lipinski definition) is 1. The first-order valence-electron chi connectivity index (χ1n) is 4.27. The molecule has 1 rings (SSSR count). The third kappa shape index (κ3) is 2.85. The van der Waals surface area contributed by atoms with Crippen molar-refractivity contribution < 1.29 is 9.13 Å². The first-order chi connectivity index (χ1) is 6.69. The second-order valence-corrected chi connectivity index (χ2v) is 4.10. The summed E-state index contributed by atoms with van der Waals surface area (Å²) in [6.45, 7) is 0. The molecule has 0 atom stereocenters. The summed E-state index contributed by atoms with van der Waals surface area (Å²) in [5.74, 6) is -0.0973. The van der Waals surface area contributed by atoms with Gasteiger partial charge < -0.3 is 4.74 Å². The van der Waals surface area contributed by atoms with Crippen LogP contribution in [-0.4, -0.2) is 12.4 Å². The number of hydrogen-bond donors (Lipinski definition) is 0. The largest absolute Gasteiger partial charge is 0.493 e. The quantitative estimate of drug-likeness (QED) is 0.763. The summed E-state index contributed by atoms with van der Waals surface area (Å²) >= 11 is 9.07. The highest BCUT2D eigenvalue weighted by Crippen LogP contribution is 2.27. The zero-order valence-electron chi connectivity index (χ0n) is 7.82. The van der Waals surface area contributed by atoms with Gasteiger partial charge in [0.2, 0.25) is 0 Å². The van der Waals surface area contributed by atoms with Crippen LogP contribution < -0.4 is 4.74 Å². The summed E-state index contributed by atoms with van der Waals surface area (Å²) in [5.41, 5.74) is 0.817. The van der Waals surface area contributed by atoms with Crippen molar-refractivity contribution in [3.05, 3.63) is 28.5 Å². The molecule has 0 radical (unpaired) electrons. The fourth-order valence-electron chi connectivity index (χ4n) is 1.29. The normalized spacial score (nSPS) is 10.3. The standard InChI is InChI=1S/C10H11BrClFO/c1-14-10-7(3-2-4-11)5-8(12)6-9(10)13/h5-6H,2-4H2,1H3. The van der Waals surface area contributed by atoms with Gasteiger partial charge in [0.1, 0.15) is 0 Å². The van der Waals surface area contributed by atoms with Crippen molar-refractivity contribution in [1.82, 2.24) is 0 Å². The average molecular weight is 282 g/mol. The van der Waals surface area contributed by atoms with Crippen molar-refractivity contribution in [1.29, 1.82) is 0 Å². The van der Waals surface area contributed by atoms with E-state index in [4.69, 9.17) is 16.3 Å². The van der Waals surface area contributed by atoms with Crippen molar-refractivity contribution >= 4 is 27.5 Å². The van der Waals surface area contributed by atoms with Gasteiger partial charge in [-0.05, 0) is 30.5 Å². The van der Waals surface area contributed by atoms with Gasteiger partial charge in [0.15, 0.2) is 11.6 Å². The first-order valence-corrected chi connectivity index (χ1v) is 5.77. The molecule has 0 aliphatic carbocycles. The highest BCUT2D eigenvalue weighted by Gasteiger charge is 2.10. The molecule has 0 spiro atoms. The summed E-state index contributed by atoms with van der Waals surface area (Å²) in [4.78, 5) is 0. The van der Waals surface area contributed by atoms with Crippen LogP contribution in [0.1, 0.15) is 12.0 Å². The first kappa shape index (κ1) is 11.8. The molecule has 0 unspecified atom stereocenters. The Hall–Kier alpha value is -0.280. The van der Waals surface area contributed by atoms with E-state index < -0.39 is 5.82 Å². The molecule has 0 bridgehead atoms. The van der Waals surface area contributed by atoms with Crippen molar-refractivity contribution in [3.8, 4) is 5.75 Å². The number of benzene rings is 1. The summed E-state index contributed by atoms with van der Waals surface area (Å²) in [7, 11) is 1.46. The summed E-state index contributed by atoms with van der Waals surface area (Å²) in [6, 6.07) is 3.00. The van der Waals surface area contributed by atoms with E-state index in [1.165, 1.54) is 13.2 Å². The van der Waals surface area contributed by atoms with Gasteiger partial charge >= 0.3 is 0 Å². The van der Waals surface area contributed by atoms with E-state index in [2.05, 4.69) is 15.9 Å². The van der Waals surface area contributed by atoms with E-state index in [0.717, 1.165) is 23.7 Å². The molecule has 0 aliphatic rings. The third-order valence-corrected chi connectivity index (χ3v) is 2.65. The molecule has 0 aliphatic heterocycles. The lowest BCUT2D eigenvalue weighted by molar-refractivity contribution is 0.381. The van der Waals surface area contributed by atoms with Gasteiger partial charge in [0, 0.05) is 10.4 Å². The van der Waals surface area contributed by atoms with Crippen LogP contribution in [0, 0.1) is 5.82 Å². The molecule has 4 heteroatoms. The predicted molar refractivity (Wildman–Crippen MR) is 60.1 cm³/mol. The lowest BCUT2D eigenvalue weighted by Crippen LogP contribution is -1.96. The molecule has 0 saturated heterocycles. The molecule has 0 amide bonds. The fourth-order valence-corrected chi connectivity index (χ4v) is 1.79. The van der Waals surface area contributed by atoms with Gasteiger partial charge in [-0.1, -0.05) is 27.5 Å². The lowest BCUT2D eigenvalue weighted by Gasteiger charge is -2.09. The van der Waals surface area contributed by atoms with Crippen LogP contribution in [0.3, 0.4) is 0 Å². The molecular weight excluding hydrogens is 270 g/mol. The minimum Gasteiger partial charge on any atom is -0.493 e. The maximum absolute atomic E-state index is 13.3. The molecule has 0 heterocycles. The van der Waals surface area contributed by atoms with E-state index in [1.54, 1.807) is 6.07 Å². The second kappa shape index (κ2) is 5.56. The zero-order valence-corrected chi connectivity index (χ0v) is 10.2. The third-order valence-electron chi connectivity index (χ3n) is 1.87. The van der Waals surface area contributed by atoms with Crippen LogP contribution in [0.2, 0.25) is 5.02 Å². The van der Waals surface area contributed by atoms with Crippen LogP contribution in [0.25, 0.3) is 0 Å². The molecule has 78 valence electrons. The second-order valence-electron chi connectivity index (χ2n) is 2.87. The van der Waals surface area contributed by atoms with Crippen LogP contribution in [0.5, 0.6) is 5.75 Å². The van der Waals surface area contributed by atoms with Gasteiger partial charge in [-0.2, -0.15) is 0 Å². The van der Waals surface area contributed by atoms with Crippen molar-refractivity contribution in [2.24, 2.45) is 0 Å². The van der Waals surface area contributed by atoms with Gasteiger partial charge in [0.05, 0.1) is 7.11 Å². The fraction of sp³-hybridized carbons (Fsp3) is 0.400. The molecule has 1 aromatic rings. The Labute approximate surface area is 96.3 Å². The zero-order chi connectivity index (χ0) is 10.6. The van der Waals surface area contributed by atoms with Crippen LogP contribution in [0.4, 0.5) is 4.39 Å². The highest BCUT2D eigenvalue weighted by molar-refractivity contribution is 9.09. The highest BCUT2D eigenvalue weighted by atomic mass is 79.9. The monoisotopic (exact) mass is 280 g/mol. The van der Waals surface area contributed by atoms with Gasteiger partial charge in [-0.3, -0.25) is 0 Å². The summed E-state index contributed by atoms with van der Waals surface area (Å²) in [5, 5.41) is 1.29. The number of halogens is 3. The Morgan fingerprint density at radius 1 is 1.50 bits per heavy atom. The Kier molecular flexibility index (Phi) is 4.69. The number of methoxy groups -OCH3 is 1. The molecule has 14 heavy (non-hydrogen) atoms. The van der Waals surface area contributed by atoms with Gasteiger partial charge in [0.25, 0.3) is 0 Å². The molecule has 0 N–H and O–H groups in total. The van der Waals surface area contributed by atoms with Crippen LogP contribution in [0.15, 0.2) is 12.1 Å². The number of rotatable bonds is 4. The topological polar surface area (TPSA) is 9.23 Å². The minimum atomic E-state index is -0.399. The van der Waals surface area contributed by atoms with E-state index in [0.29, 0.717) is 10.8 Å². The maximum Gasteiger partial charge on any atom is 0.166 e. The average Bonchev–Trinajstić information content (AvgIpc) is 2.14. The van der Waals surface area contributed by atoms with Crippen molar-refractivity contribution in [2.75, 3.05) is 12.4 Å². The molecule has 0 aromatic heterocycles. The van der Waals surface area contributed by atoms with E-state index in [9.17, 15) is 4.39 Å². The van der Waals surface area contributed by atoms with Crippen molar-refractivity contribution in [2.45, 2.75) is 12.8 Å². The predicted octanol–water partition coefficient (Wildman–Crippen LogP) is 3.82. The lowest BCUT2D eigenvalue weighted by atomic mass is 10.1. The number of aryl methyl sites for hydroxylation is 1. The SMILES string of the molecule is COc1c(F)cc(Cl)cc1CCCBr. The maximum atomic E-state index is 13.3. The van der Waals surface area contributed by atoms with E-state index >= 15 is 0 Å². The Morgan fingerprint density at radius 2 is 2.21 bits per heavy atom. The number of ether oxygens (including phenoxy) is 1. The molecule has 1 aromatic carbocycles. The molecular formula is C10H11BrClFO. The van der Waals surface area contributed by atoms with E-state index in [-0.39, 0.29) is 0 Å². The van der Waals surface area contributed by atoms with Crippen LogP contribution >= 0.6 is 27.5 Å². The Bertz CT molecular complexity index is 317. The summed E-state index contributed by atoms with van der Waals surface area (Å²) < 4.78 is 18.3. The van der Waals surface area contributed by atoms with Crippen molar-refractivity contribution in [3.63, 3.8) is 0 Å². The smallest absolute Gasteiger partial charge is 0.166 e.